The number of amidine groups is 1. The molecule has 90 valence electrons. The predicted octanol–water partition coefficient (Wildman–Crippen LogP) is 1.22. The van der Waals surface area contributed by atoms with Crippen LogP contribution in [0.5, 0.6) is 0 Å². The number of aromatic nitrogens is 2. The molecule has 0 saturated carbocycles. The second-order valence-electron chi connectivity index (χ2n) is 4.76. The summed E-state index contributed by atoms with van der Waals surface area (Å²) in [4.78, 5) is 4.54. The molecule has 16 heavy (non-hydrogen) atoms. The lowest BCUT2D eigenvalue weighted by atomic mass is 10.1. The van der Waals surface area contributed by atoms with Gasteiger partial charge in [-0.1, -0.05) is 0 Å². The second kappa shape index (κ2) is 4.65. The van der Waals surface area contributed by atoms with Crippen molar-refractivity contribution in [3.8, 4) is 0 Å². The maximum atomic E-state index is 5.52. The van der Waals surface area contributed by atoms with Gasteiger partial charge >= 0.3 is 0 Å². The van der Waals surface area contributed by atoms with Crippen molar-refractivity contribution in [3.63, 3.8) is 0 Å². The molecule has 0 aromatic carbocycles. The van der Waals surface area contributed by atoms with E-state index in [0.29, 0.717) is 5.84 Å². The Hall–Kier alpha value is -1.36. The Labute approximate surface area is 96.7 Å². The Morgan fingerprint density at radius 1 is 1.56 bits per heavy atom. The molecule has 1 rings (SSSR count). The normalized spacial score (nSPS) is 13.0. The van der Waals surface area contributed by atoms with Crippen LogP contribution < -0.4 is 11.3 Å². The first-order valence-electron chi connectivity index (χ1n) is 5.48. The molecule has 5 heteroatoms. The minimum atomic E-state index is -0.168. The first kappa shape index (κ1) is 12.7. The zero-order valence-corrected chi connectivity index (χ0v) is 10.7. The first-order valence-corrected chi connectivity index (χ1v) is 5.48. The van der Waals surface area contributed by atoms with Crippen LogP contribution >= 0.6 is 0 Å². The molecule has 0 fully saturated rings. The summed E-state index contributed by atoms with van der Waals surface area (Å²) in [6, 6.07) is 1.98. The molecule has 0 aliphatic carbocycles. The minimum Gasteiger partial charge on any atom is -0.307 e. The molecule has 1 aromatic rings. The van der Waals surface area contributed by atoms with Gasteiger partial charge in [-0.3, -0.25) is 9.67 Å². The van der Waals surface area contributed by atoms with Crippen molar-refractivity contribution in [2.75, 3.05) is 0 Å². The maximum Gasteiger partial charge on any atom is 0.161 e. The largest absolute Gasteiger partial charge is 0.307 e. The summed E-state index contributed by atoms with van der Waals surface area (Å²) >= 11 is 0. The van der Waals surface area contributed by atoms with Crippen LogP contribution in [0.3, 0.4) is 0 Å². The number of nitrogens with zero attached hydrogens (tertiary/aromatic N) is 3. The van der Waals surface area contributed by atoms with Crippen molar-refractivity contribution in [2.45, 2.75) is 46.7 Å². The average Bonchev–Trinajstić information content (AvgIpc) is 2.54. The Balaban J connectivity index is 3.18. The summed E-state index contributed by atoms with van der Waals surface area (Å²) in [6.45, 7) is 10.9. The van der Waals surface area contributed by atoms with Crippen LogP contribution in [0, 0.1) is 6.92 Å². The number of hydrogen-bond donors (Lipinski definition) is 2. The lowest BCUT2D eigenvalue weighted by Gasteiger charge is -2.16. The van der Waals surface area contributed by atoms with Gasteiger partial charge in [-0.15, -0.1) is 0 Å². The standard InChI is InChI=1S/C11H21N5/c1-6-16-9(7-8(2)15-16)10(14-12)13-11(3,4)5/h7H,6,12H2,1-5H3,(H,13,14). The molecular weight excluding hydrogens is 202 g/mol. The van der Waals surface area contributed by atoms with Gasteiger partial charge in [0.05, 0.1) is 11.2 Å². The highest BCUT2D eigenvalue weighted by Crippen LogP contribution is 2.11. The summed E-state index contributed by atoms with van der Waals surface area (Å²) in [5, 5.41) is 4.37. The van der Waals surface area contributed by atoms with Gasteiger partial charge in [0.25, 0.3) is 0 Å². The van der Waals surface area contributed by atoms with Crippen LogP contribution in [-0.4, -0.2) is 21.2 Å². The van der Waals surface area contributed by atoms with E-state index in [1.54, 1.807) is 0 Å². The highest BCUT2D eigenvalue weighted by atomic mass is 15.3. The molecule has 0 atom stereocenters. The van der Waals surface area contributed by atoms with E-state index < -0.39 is 0 Å². The number of aliphatic imine (C=N–C) groups is 1. The van der Waals surface area contributed by atoms with Crippen molar-refractivity contribution in [2.24, 2.45) is 10.8 Å². The molecule has 3 N–H and O–H groups in total. The summed E-state index contributed by atoms with van der Waals surface area (Å²) < 4.78 is 1.89. The van der Waals surface area contributed by atoms with Gasteiger partial charge in [-0.05, 0) is 40.7 Å². The summed E-state index contributed by atoms with van der Waals surface area (Å²) in [5.41, 5.74) is 4.38. The van der Waals surface area contributed by atoms with Gasteiger partial charge < -0.3 is 5.43 Å². The lowest BCUT2D eigenvalue weighted by Crippen LogP contribution is -2.35. The Bertz CT molecular complexity index is 384. The van der Waals surface area contributed by atoms with Gasteiger partial charge in [0.1, 0.15) is 5.69 Å². The Morgan fingerprint density at radius 3 is 2.62 bits per heavy atom. The summed E-state index contributed by atoms with van der Waals surface area (Å²) in [5.74, 6) is 6.20. The SMILES string of the molecule is CCn1nc(C)cc1C(=NC(C)(C)C)NN. The van der Waals surface area contributed by atoms with Crippen LogP contribution in [0.2, 0.25) is 0 Å². The second-order valence-corrected chi connectivity index (χ2v) is 4.76. The molecule has 0 aliphatic rings. The third-order valence-corrected chi connectivity index (χ3v) is 2.03. The van der Waals surface area contributed by atoms with Crippen LogP contribution in [0.1, 0.15) is 39.1 Å². The van der Waals surface area contributed by atoms with Crippen LogP contribution in [0.25, 0.3) is 0 Å². The summed E-state index contributed by atoms with van der Waals surface area (Å²) in [7, 11) is 0. The number of rotatable bonds is 2. The van der Waals surface area contributed by atoms with Gasteiger partial charge in [-0.2, -0.15) is 5.10 Å². The Morgan fingerprint density at radius 2 is 2.19 bits per heavy atom. The fourth-order valence-corrected chi connectivity index (χ4v) is 1.48. The van der Waals surface area contributed by atoms with E-state index in [4.69, 9.17) is 5.84 Å². The molecule has 0 unspecified atom stereocenters. The summed E-state index contributed by atoms with van der Waals surface area (Å²) in [6.07, 6.45) is 0. The maximum absolute atomic E-state index is 5.52. The number of nitrogens with two attached hydrogens (primary N) is 1. The van der Waals surface area contributed by atoms with Gasteiger partial charge in [0.2, 0.25) is 0 Å². The number of hydrogen-bond acceptors (Lipinski definition) is 3. The monoisotopic (exact) mass is 223 g/mol. The van der Waals surface area contributed by atoms with E-state index in [0.717, 1.165) is 17.9 Å². The molecular formula is C11H21N5. The lowest BCUT2D eigenvalue weighted by molar-refractivity contribution is 0.576. The highest BCUT2D eigenvalue weighted by molar-refractivity contribution is 5.97. The van der Waals surface area contributed by atoms with Crippen molar-refractivity contribution in [1.29, 1.82) is 0 Å². The van der Waals surface area contributed by atoms with Gasteiger partial charge in [-0.25, -0.2) is 5.84 Å². The molecule has 0 radical (unpaired) electrons. The van der Waals surface area contributed by atoms with Crippen molar-refractivity contribution in [3.05, 3.63) is 17.5 Å². The highest BCUT2D eigenvalue weighted by Gasteiger charge is 2.14. The van der Waals surface area contributed by atoms with Crippen LogP contribution in [0.15, 0.2) is 11.1 Å². The molecule has 0 amide bonds. The quantitative estimate of drug-likeness (QED) is 0.343. The fraction of sp³-hybridized carbons (Fsp3) is 0.636. The van der Waals surface area contributed by atoms with E-state index in [1.807, 2.05) is 45.4 Å². The number of aryl methyl sites for hydroxylation is 2. The van der Waals surface area contributed by atoms with E-state index in [2.05, 4.69) is 15.5 Å². The van der Waals surface area contributed by atoms with E-state index in [-0.39, 0.29) is 5.54 Å². The van der Waals surface area contributed by atoms with Crippen molar-refractivity contribution in [1.82, 2.24) is 15.2 Å². The van der Waals surface area contributed by atoms with Crippen molar-refractivity contribution < 1.29 is 0 Å². The zero-order chi connectivity index (χ0) is 12.3. The first-order chi connectivity index (χ1) is 7.37. The molecule has 0 spiro atoms. The number of hydrazine groups is 1. The molecule has 1 aromatic heterocycles. The smallest absolute Gasteiger partial charge is 0.161 e. The van der Waals surface area contributed by atoms with Crippen LogP contribution in [-0.2, 0) is 6.54 Å². The number of nitrogens with one attached hydrogen (secondary N) is 1. The van der Waals surface area contributed by atoms with Gasteiger partial charge in [0, 0.05) is 6.54 Å². The molecule has 1 heterocycles. The van der Waals surface area contributed by atoms with Gasteiger partial charge in [0.15, 0.2) is 5.84 Å². The third-order valence-electron chi connectivity index (χ3n) is 2.03. The molecule has 0 bridgehead atoms. The molecule has 5 nitrogen and oxygen atoms in total. The average molecular weight is 223 g/mol. The van der Waals surface area contributed by atoms with Crippen molar-refractivity contribution >= 4 is 5.84 Å². The molecule has 0 aliphatic heterocycles. The van der Waals surface area contributed by atoms with E-state index in [1.165, 1.54) is 0 Å². The Kier molecular flexibility index (Phi) is 3.70. The zero-order valence-electron chi connectivity index (χ0n) is 10.7. The third kappa shape index (κ3) is 3.06. The molecule has 0 saturated heterocycles. The topological polar surface area (TPSA) is 68.2 Å². The van der Waals surface area contributed by atoms with E-state index in [9.17, 15) is 0 Å². The predicted molar refractivity (Wildman–Crippen MR) is 66.3 cm³/mol. The van der Waals surface area contributed by atoms with Crippen LogP contribution in [0.4, 0.5) is 0 Å². The minimum absolute atomic E-state index is 0.168. The fourth-order valence-electron chi connectivity index (χ4n) is 1.48. The van der Waals surface area contributed by atoms with E-state index >= 15 is 0 Å².